The second kappa shape index (κ2) is 6.05. The van der Waals surface area contributed by atoms with Crippen molar-refractivity contribution in [3.05, 3.63) is 30.0 Å². The molecular formula is C15H21N3O2. The first-order valence-electron chi connectivity index (χ1n) is 6.88. The molecule has 1 aromatic carbocycles. The topological polar surface area (TPSA) is 58.4 Å². The van der Waals surface area contributed by atoms with Crippen molar-refractivity contribution in [1.82, 2.24) is 14.7 Å². The Kier molecular flexibility index (Phi) is 4.39. The quantitative estimate of drug-likeness (QED) is 0.877. The zero-order chi connectivity index (χ0) is 14.7. The van der Waals surface area contributed by atoms with Crippen molar-refractivity contribution in [3.8, 4) is 0 Å². The smallest absolute Gasteiger partial charge is 0.307 e. The van der Waals surface area contributed by atoms with Crippen LogP contribution in [0.2, 0.25) is 0 Å². The van der Waals surface area contributed by atoms with Crippen LogP contribution < -0.4 is 0 Å². The SMILES string of the molecule is CCN(Cc1nn(C)c2ccccc12)CC(C)C(=O)O. The molecule has 0 aliphatic rings. The van der Waals surface area contributed by atoms with E-state index in [0.29, 0.717) is 13.1 Å². The number of fused-ring (bicyclic) bond motifs is 1. The maximum Gasteiger partial charge on any atom is 0.307 e. The summed E-state index contributed by atoms with van der Waals surface area (Å²) in [5.74, 6) is -1.13. The Morgan fingerprint density at radius 1 is 1.45 bits per heavy atom. The van der Waals surface area contributed by atoms with Crippen LogP contribution in [0.3, 0.4) is 0 Å². The minimum Gasteiger partial charge on any atom is -0.481 e. The fourth-order valence-corrected chi connectivity index (χ4v) is 2.39. The van der Waals surface area contributed by atoms with Crippen LogP contribution in [0.1, 0.15) is 19.5 Å². The van der Waals surface area contributed by atoms with Crippen LogP contribution in [0.25, 0.3) is 10.9 Å². The minimum absolute atomic E-state index is 0.370. The number of hydrogen-bond acceptors (Lipinski definition) is 3. The third kappa shape index (κ3) is 2.99. The fraction of sp³-hybridized carbons (Fsp3) is 0.467. The number of aliphatic carboxylic acids is 1. The number of aromatic nitrogens is 2. The lowest BCUT2D eigenvalue weighted by Gasteiger charge is -2.21. The molecule has 0 radical (unpaired) electrons. The highest BCUT2D eigenvalue weighted by molar-refractivity contribution is 5.81. The van der Waals surface area contributed by atoms with E-state index in [4.69, 9.17) is 5.11 Å². The zero-order valence-corrected chi connectivity index (χ0v) is 12.2. The summed E-state index contributed by atoms with van der Waals surface area (Å²) in [5.41, 5.74) is 2.10. The number of benzene rings is 1. The summed E-state index contributed by atoms with van der Waals surface area (Å²) in [4.78, 5) is 13.1. The summed E-state index contributed by atoms with van der Waals surface area (Å²) in [6.07, 6.45) is 0. The molecule has 0 bridgehead atoms. The van der Waals surface area contributed by atoms with Crippen molar-refractivity contribution in [2.45, 2.75) is 20.4 Å². The second-order valence-corrected chi connectivity index (χ2v) is 5.15. The maximum absolute atomic E-state index is 11.0. The normalized spacial score (nSPS) is 13.0. The standard InChI is InChI=1S/C15H21N3O2/c1-4-18(9-11(2)15(19)20)10-13-12-7-5-6-8-14(12)17(3)16-13/h5-8,11H,4,9-10H2,1-3H3,(H,19,20). The Bertz CT molecular complexity index is 606. The van der Waals surface area contributed by atoms with Gasteiger partial charge in [-0.25, -0.2) is 0 Å². The van der Waals surface area contributed by atoms with E-state index in [0.717, 1.165) is 23.1 Å². The molecule has 0 fully saturated rings. The maximum atomic E-state index is 11.0. The average molecular weight is 275 g/mol. The number of aryl methyl sites for hydroxylation is 1. The summed E-state index contributed by atoms with van der Waals surface area (Å²) in [5, 5.41) is 14.7. The van der Waals surface area contributed by atoms with Gasteiger partial charge in [0, 0.05) is 25.5 Å². The van der Waals surface area contributed by atoms with Gasteiger partial charge in [0.05, 0.1) is 17.1 Å². The van der Waals surface area contributed by atoms with Gasteiger partial charge in [-0.1, -0.05) is 32.0 Å². The van der Waals surface area contributed by atoms with E-state index in [1.807, 2.05) is 36.9 Å². The molecule has 2 aromatic rings. The average Bonchev–Trinajstić information content (AvgIpc) is 2.75. The summed E-state index contributed by atoms with van der Waals surface area (Å²) in [7, 11) is 1.93. The predicted molar refractivity (Wildman–Crippen MR) is 78.5 cm³/mol. The summed E-state index contributed by atoms with van der Waals surface area (Å²) in [6.45, 7) is 5.80. The second-order valence-electron chi connectivity index (χ2n) is 5.15. The lowest BCUT2D eigenvalue weighted by molar-refractivity contribution is -0.141. The molecule has 1 heterocycles. The van der Waals surface area contributed by atoms with Gasteiger partial charge in [0.15, 0.2) is 0 Å². The molecule has 0 amide bonds. The number of carboxylic acid groups (broad SMARTS) is 1. The molecule has 5 heteroatoms. The number of carbonyl (C=O) groups is 1. The van der Waals surface area contributed by atoms with Crippen molar-refractivity contribution in [1.29, 1.82) is 0 Å². The molecule has 1 aromatic heterocycles. The summed E-state index contributed by atoms with van der Waals surface area (Å²) in [6, 6.07) is 8.11. The van der Waals surface area contributed by atoms with Crippen LogP contribution in [-0.4, -0.2) is 38.8 Å². The van der Waals surface area contributed by atoms with Gasteiger partial charge < -0.3 is 5.11 Å². The molecule has 0 spiro atoms. The van der Waals surface area contributed by atoms with Crippen molar-refractivity contribution >= 4 is 16.9 Å². The lowest BCUT2D eigenvalue weighted by Crippen LogP contribution is -2.31. The van der Waals surface area contributed by atoms with Gasteiger partial charge >= 0.3 is 5.97 Å². The first-order chi connectivity index (χ1) is 9.52. The summed E-state index contributed by atoms with van der Waals surface area (Å²) >= 11 is 0. The van der Waals surface area contributed by atoms with E-state index in [1.54, 1.807) is 6.92 Å². The van der Waals surface area contributed by atoms with Gasteiger partial charge in [0.2, 0.25) is 0 Å². The first kappa shape index (κ1) is 14.5. The molecule has 108 valence electrons. The molecule has 0 aliphatic heterocycles. The Morgan fingerprint density at radius 2 is 2.15 bits per heavy atom. The van der Waals surface area contributed by atoms with Crippen LogP contribution in [0.15, 0.2) is 24.3 Å². The Balaban J connectivity index is 2.19. The molecule has 0 saturated heterocycles. The Morgan fingerprint density at radius 3 is 2.80 bits per heavy atom. The van der Waals surface area contributed by atoms with E-state index < -0.39 is 5.97 Å². The number of hydrogen-bond donors (Lipinski definition) is 1. The molecule has 0 aliphatic carbocycles. The number of nitrogens with zero attached hydrogens (tertiary/aromatic N) is 3. The van der Waals surface area contributed by atoms with Crippen LogP contribution in [0.5, 0.6) is 0 Å². The minimum atomic E-state index is -0.755. The number of rotatable bonds is 6. The number of para-hydroxylation sites is 1. The van der Waals surface area contributed by atoms with Crippen molar-refractivity contribution in [3.63, 3.8) is 0 Å². The van der Waals surface area contributed by atoms with E-state index in [2.05, 4.69) is 16.1 Å². The lowest BCUT2D eigenvalue weighted by atomic mass is 10.1. The predicted octanol–water partition coefficient (Wildman–Crippen LogP) is 2.12. The highest BCUT2D eigenvalue weighted by atomic mass is 16.4. The molecule has 2 rings (SSSR count). The molecule has 0 saturated carbocycles. The molecule has 20 heavy (non-hydrogen) atoms. The van der Waals surface area contributed by atoms with Crippen LogP contribution in [-0.2, 0) is 18.4 Å². The molecule has 1 unspecified atom stereocenters. The fourth-order valence-electron chi connectivity index (χ4n) is 2.39. The zero-order valence-electron chi connectivity index (χ0n) is 12.2. The number of carboxylic acids is 1. The van der Waals surface area contributed by atoms with E-state index >= 15 is 0 Å². The van der Waals surface area contributed by atoms with Gasteiger partial charge in [0.1, 0.15) is 0 Å². The Hall–Kier alpha value is -1.88. The molecule has 5 nitrogen and oxygen atoms in total. The summed E-state index contributed by atoms with van der Waals surface area (Å²) < 4.78 is 1.87. The van der Waals surface area contributed by atoms with E-state index in [9.17, 15) is 4.79 Å². The monoisotopic (exact) mass is 275 g/mol. The highest BCUT2D eigenvalue weighted by Crippen LogP contribution is 2.19. The van der Waals surface area contributed by atoms with Gasteiger partial charge in [0.25, 0.3) is 0 Å². The van der Waals surface area contributed by atoms with Crippen molar-refractivity contribution in [2.75, 3.05) is 13.1 Å². The van der Waals surface area contributed by atoms with E-state index in [1.165, 1.54) is 0 Å². The van der Waals surface area contributed by atoms with Gasteiger partial charge in [-0.3, -0.25) is 14.4 Å². The van der Waals surface area contributed by atoms with Gasteiger partial charge in [-0.15, -0.1) is 0 Å². The molecular weight excluding hydrogens is 254 g/mol. The van der Waals surface area contributed by atoms with Gasteiger partial charge in [-0.05, 0) is 12.6 Å². The molecule has 1 N–H and O–H groups in total. The van der Waals surface area contributed by atoms with Gasteiger partial charge in [-0.2, -0.15) is 5.10 Å². The third-order valence-corrected chi connectivity index (χ3v) is 3.61. The third-order valence-electron chi connectivity index (χ3n) is 3.61. The van der Waals surface area contributed by atoms with Crippen molar-refractivity contribution in [2.24, 2.45) is 13.0 Å². The first-order valence-corrected chi connectivity index (χ1v) is 6.88. The van der Waals surface area contributed by atoms with Crippen molar-refractivity contribution < 1.29 is 9.90 Å². The van der Waals surface area contributed by atoms with Crippen LogP contribution in [0, 0.1) is 5.92 Å². The molecule has 1 atom stereocenters. The largest absolute Gasteiger partial charge is 0.481 e. The van der Waals surface area contributed by atoms with E-state index in [-0.39, 0.29) is 5.92 Å². The van der Waals surface area contributed by atoms with Crippen LogP contribution >= 0.6 is 0 Å². The Labute approximate surface area is 118 Å². The van der Waals surface area contributed by atoms with Crippen LogP contribution in [0.4, 0.5) is 0 Å². The highest BCUT2D eigenvalue weighted by Gasteiger charge is 2.17.